The monoisotopic (exact) mass is 335 g/mol. The summed E-state index contributed by atoms with van der Waals surface area (Å²) in [5.74, 6) is 0.0455. The van der Waals surface area contributed by atoms with Crippen molar-refractivity contribution in [3.05, 3.63) is 0 Å². The molecule has 3 atom stereocenters. The molecule has 120 valence electrons. The quantitative estimate of drug-likeness (QED) is 0.805. The highest BCUT2D eigenvalue weighted by molar-refractivity contribution is 6.53. The summed E-state index contributed by atoms with van der Waals surface area (Å²) in [5.41, 5.74) is -0.797. The van der Waals surface area contributed by atoms with Crippen LogP contribution in [0.2, 0.25) is 0 Å². The van der Waals surface area contributed by atoms with E-state index in [4.69, 9.17) is 27.9 Å². The molecule has 2 saturated carbocycles. The molecule has 0 aromatic rings. The predicted octanol–water partition coefficient (Wildman–Crippen LogP) is 2.35. The maximum atomic E-state index is 12.6. The van der Waals surface area contributed by atoms with Crippen LogP contribution in [-0.4, -0.2) is 52.2 Å². The van der Waals surface area contributed by atoms with Gasteiger partial charge in [-0.05, 0) is 33.1 Å². The van der Waals surface area contributed by atoms with Crippen LogP contribution in [0.3, 0.4) is 0 Å². The van der Waals surface area contributed by atoms with E-state index in [2.05, 4.69) is 0 Å². The molecule has 3 rings (SSSR count). The molecule has 0 aromatic carbocycles. The lowest BCUT2D eigenvalue weighted by Crippen LogP contribution is -2.63. The molecule has 1 saturated heterocycles. The molecule has 1 amide bonds. The Hall–Kier alpha value is -0.0300. The number of aliphatic hydroxyl groups excluding tert-OH is 1. The molecule has 1 N–H and O–H groups in total. The van der Waals surface area contributed by atoms with Gasteiger partial charge >= 0.3 is 0 Å². The SMILES string of the molecule is CCOC1CC(O)C12CCN(C(=O)C1(C)CC1(Cl)Cl)CC2. The molecule has 4 nitrogen and oxygen atoms in total. The summed E-state index contributed by atoms with van der Waals surface area (Å²) in [6.45, 7) is 5.78. The lowest BCUT2D eigenvalue weighted by molar-refractivity contribution is -0.210. The maximum absolute atomic E-state index is 12.6. The number of likely N-dealkylation sites (tertiary alicyclic amines) is 1. The van der Waals surface area contributed by atoms with Gasteiger partial charge in [-0.1, -0.05) is 0 Å². The molecule has 3 aliphatic rings. The number of carbonyl (C=O) groups is 1. The van der Waals surface area contributed by atoms with E-state index < -0.39 is 9.75 Å². The van der Waals surface area contributed by atoms with Gasteiger partial charge in [0.25, 0.3) is 0 Å². The predicted molar refractivity (Wildman–Crippen MR) is 81.4 cm³/mol. The molecule has 3 fully saturated rings. The van der Waals surface area contributed by atoms with Crippen LogP contribution < -0.4 is 0 Å². The molecule has 1 heterocycles. The fourth-order valence-electron chi connectivity index (χ4n) is 3.92. The lowest BCUT2D eigenvalue weighted by atomic mass is 9.58. The maximum Gasteiger partial charge on any atom is 0.231 e. The Kier molecular flexibility index (Phi) is 3.76. The highest BCUT2D eigenvalue weighted by Gasteiger charge is 2.69. The van der Waals surface area contributed by atoms with E-state index in [0.29, 0.717) is 32.5 Å². The third-order valence-electron chi connectivity index (χ3n) is 5.82. The van der Waals surface area contributed by atoms with Crippen LogP contribution in [0.4, 0.5) is 0 Å². The van der Waals surface area contributed by atoms with E-state index in [1.165, 1.54) is 0 Å². The Balaban J connectivity index is 1.62. The van der Waals surface area contributed by atoms with Gasteiger partial charge in [0.15, 0.2) is 0 Å². The molecule has 1 aliphatic heterocycles. The second kappa shape index (κ2) is 4.98. The van der Waals surface area contributed by atoms with Crippen LogP contribution >= 0.6 is 23.2 Å². The Labute approximate surface area is 135 Å². The summed E-state index contributed by atoms with van der Waals surface area (Å²) in [5, 5.41) is 10.2. The first-order valence-corrected chi connectivity index (χ1v) is 8.49. The van der Waals surface area contributed by atoms with Crippen LogP contribution in [0, 0.1) is 10.8 Å². The topological polar surface area (TPSA) is 49.8 Å². The lowest BCUT2D eigenvalue weighted by Gasteiger charge is -2.56. The van der Waals surface area contributed by atoms with Gasteiger partial charge < -0.3 is 14.7 Å². The molecule has 6 heteroatoms. The van der Waals surface area contributed by atoms with Crippen molar-refractivity contribution in [2.75, 3.05) is 19.7 Å². The average molecular weight is 336 g/mol. The van der Waals surface area contributed by atoms with Gasteiger partial charge in [0.05, 0.1) is 17.6 Å². The smallest absolute Gasteiger partial charge is 0.231 e. The normalized spacial score (nSPS) is 40.0. The van der Waals surface area contributed by atoms with Crippen molar-refractivity contribution in [3.63, 3.8) is 0 Å². The van der Waals surface area contributed by atoms with Crippen LogP contribution in [-0.2, 0) is 9.53 Å². The van der Waals surface area contributed by atoms with E-state index in [-0.39, 0.29) is 23.5 Å². The fourth-order valence-corrected chi connectivity index (χ4v) is 4.62. The number of carbonyl (C=O) groups excluding carboxylic acids is 1. The summed E-state index contributed by atoms with van der Waals surface area (Å²) >= 11 is 12.2. The van der Waals surface area contributed by atoms with Crippen LogP contribution in [0.25, 0.3) is 0 Å². The fraction of sp³-hybridized carbons (Fsp3) is 0.933. The summed E-state index contributed by atoms with van der Waals surface area (Å²) in [6, 6.07) is 0. The zero-order valence-corrected chi connectivity index (χ0v) is 14.1. The second-order valence-electron chi connectivity index (χ2n) is 6.93. The van der Waals surface area contributed by atoms with Gasteiger partial charge in [0, 0.05) is 31.5 Å². The number of amides is 1. The molecule has 0 bridgehead atoms. The van der Waals surface area contributed by atoms with E-state index in [9.17, 15) is 9.90 Å². The van der Waals surface area contributed by atoms with Gasteiger partial charge in [-0.2, -0.15) is 0 Å². The number of aliphatic hydroxyl groups is 1. The minimum atomic E-state index is -0.914. The van der Waals surface area contributed by atoms with Crippen molar-refractivity contribution in [1.29, 1.82) is 0 Å². The van der Waals surface area contributed by atoms with Gasteiger partial charge in [0.1, 0.15) is 4.33 Å². The number of alkyl halides is 2. The van der Waals surface area contributed by atoms with E-state index in [0.717, 1.165) is 12.8 Å². The molecule has 21 heavy (non-hydrogen) atoms. The molecule has 2 aliphatic carbocycles. The Morgan fingerprint density at radius 3 is 2.38 bits per heavy atom. The highest BCUT2D eigenvalue weighted by atomic mass is 35.5. The summed E-state index contributed by atoms with van der Waals surface area (Å²) in [7, 11) is 0. The molecule has 0 radical (unpaired) electrons. The molecular weight excluding hydrogens is 313 g/mol. The molecule has 0 aromatic heterocycles. The number of nitrogens with zero attached hydrogens (tertiary/aromatic N) is 1. The number of halogens is 2. The second-order valence-corrected chi connectivity index (χ2v) is 8.42. The Bertz CT molecular complexity index is 446. The van der Waals surface area contributed by atoms with E-state index in [1.807, 2.05) is 18.7 Å². The zero-order valence-electron chi connectivity index (χ0n) is 12.6. The molecular formula is C15H23Cl2NO3. The van der Waals surface area contributed by atoms with Crippen molar-refractivity contribution in [3.8, 4) is 0 Å². The standard InChI is InChI=1S/C15H23Cl2NO3/c1-3-21-11-8-10(19)14(11)4-6-18(7-5-14)12(20)13(2)9-15(13,16)17/h10-11,19H,3-9H2,1-2H3. The van der Waals surface area contributed by atoms with Crippen molar-refractivity contribution in [1.82, 2.24) is 4.90 Å². The van der Waals surface area contributed by atoms with Crippen molar-refractivity contribution < 1.29 is 14.6 Å². The zero-order chi connectivity index (χ0) is 15.5. The van der Waals surface area contributed by atoms with Crippen molar-refractivity contribution in [2.45, 2.75) is 56.1 Å². The molecule has 3 unspecified atom stereocenters. The van der Waals surface area contributed by atoms with Gasteiger partial charge in [0.2, 0.25) is 5.91 Å². The minimum absolute atomic E-state index is 0.0455. The number of hydrogen-bond acceptors (Lipinski definition) is 3. The van der Waals surface area contributed by atoms with Crippen LogP contribution in [0.15, 0.2) is 0 Å². The van der Waals surface area contributed by atoms with Crippen molar-refractivity contribution in [2.24, 2.45) is 10.8 Å². The third kappa shape index (κ3) is 2.21. The number of hydrogen-bond donors (Lipinski definition) is 1. The van der Waals surface area contributed by atoms with Crippen LogP contribution in [0.1, 0.15) is 39.5 Å². The van der Waals surface area contributed by atoms with Gasteiger partial charge in [-0.15, -0.1) is 23.2 Å². The first kappa shape index (κ1) is 15.9. The highest BCUT2D eigenvalue weighted by Crippen LogP contribution is 2.65. The average Bonchev–Trinajstić information content (AvgIpc) is 2.98. The third-order valence-corrected chi connectivity index (χ3v) is 6.92. The molecule has 1 spiro atoms. The van der Waals surface area contributed by atoms with E-state index in [1.54, 1.807) is 0 Å². The first-order chi connectivity index (χ1) is 9.77. The Morgan fingerprint density at radius 1 is 1.38 bits per heavy atom. The van der Waals surface area contributed by atoms with E-state index >= 15 is 0 Å². The summed E-state index contributed by atoms with van der Waals surface area (Å²) in [4.78, 5) is 14.4. The number of ether oxygens (including phenoxy) is 1. The number of rotatable bonds is 3. The Morgan fingerprint density at radius 2 is 1.95 bits per heavy atom. The van der Waals surface area contributed by atoms with Crippen molar-refractivity contribution >= 4 is 29.1 Å². The van der Waals surface area contributed by atoms with Gasteiger partial charge in [-0.25, -0.2) is 0 Å². The summed E-state index contributed by atoms with van der Waals surface area (Å²) in [6.07, 6.45) is 2.64. The summed E-state index contributed by atoms with van der Waals surface area (Å²) < 4.78 is 4.83. The first-order valence-electron chi connectivity index (χ1n) is 7.74. The number of piperidine rings is 1. The van der Waals surface area contributed by atoms with Gasteiger partial charge in [-0.3, -0.25) is 4.79 Å². The minimum Gasteiger partial charge on any atom is -0.392 e. The largest absolute Gasteiger partial charge is 0.392 e. The van der Waals surface area contributed by atoms with Crippen LogP contribution in [0.5, 0.6) is 0 Å².